The summed E-state index contributed by atoms with van der Waals surface area (Å²) >= 11 is 0. The molecular weight excluding hydrogens is 346 g/mol. The molecule has 27 heavy (non-hydrogen) atoms. The van der Waals surface area contributed by atoms with E-state index in [4.69, 9.17) is 4.42 Å². The summed E-state index contributed by atoms with van der Waals surface area (Å²) in [7, 11) is 0. The Morgan fingerprint density at radius 3 is 2.48 bits per heavy atom. The lowest BCUT2D eigenvalue weighted by Crippen LogP contribution is -2.40. The molecule has 0 spiro atoms. The number of oxazole rings is 1. The van der Waals surface area contributed by atoms with Crippen molar-refractivity contribution in [2.75, 3.05) is 26.2 Å². The van der Waals surface area contributed by atoms with Crippen molar-refractivity contribution in [2.45, 2.75) is 39.2 Å². The van der Waals surface area contributed by atoms with Gasteiger partial charge in [0, 0.05) is 31.7 Å². The van der Waals surface area contributed by atoms with Gasteiger partial charge in [-0.05, 0) is 49.8 Å². The number of likely N-dealkylation sites (tertiary alicyclic amines) is 2. The van der Waals surface area contributed by atoms with Crippen LogP contribution in [-0.4, -0.2) is 52.4 Å². The van der Waals surface area contributed by atoms with Gasteiger partial charge in [0.15, 0.2) is 5.58 Å². The second kappa shape index (κ2) is 7.21. The number of aromatic nitrogens is 1. The van der Waals surface area contributed by atoms with Crippen molar-refractivity contribution in [1.82, 2.24) is 14.4 Å². The van der Waals surface area contributed by atoms with E-state index in [2.05, 4.69) is 6.92 Å². The van der Waals surface area contributed by atoms with E-state index >= 15 is 0 Å². The lowest BCUT2D eigenvalue weighted by Gasteiger charge is -2.30. The van der Waals surface area contributed by atoms with Crippen molar-refractivity contribution in [1.29, 1.82) is 0 Å². The van der Waals surface area contributed by atoms with E-state index in [-0.39, 0.29) is 18.4 Å². The largest absolute Gasteiger partial charge is 0.420 e. The van der Waals surface area contributed by atoms with Gasteiger partial charge >= 0.3 is 5.76 Å². The summed E-state index contributed by atoms with van der Waals surface area (Å²) in [4.78, 5) is 41.2. The highest BCUT2D eigenvalue weighted by molar-refractivity contribution is 5.97. The summed E-state index contributed by atoms with van der Waals surface area (Å²) in [6.07, 6.45) is 4.02. The summed E-state index contributed by atoms with van der Waals surface area (Å²) in [5.41, 5.74) is 1.43. The first-order valence-corrected chi connectivity index (χ1v) is 9.73. The number of nitrogens with zero attached hydrogens (tertiary/aromatic N) is 3. The first-order chi connectivity index (χ1) is 13.0. The normalized spacial score (nSPS) is 18.4. The molecule has 0 radical (unpaired) electrons. The Bertz CT molecular complexity index is 915. The van der Waals surface area contributed by atoms with Gasteiger partial charge in [0.1, 0.15) is 6.54 Å². The smallest absolute Gasteiger partial charge is 0.408 e. The molecule has 2 fully saturated rings. The number of hydrogen-bond donors (Lipinski definition) is 0. The molecule has 1 aromatic heterocycles. The van der Waals surface area contributed by atoms with E-state index in [1.165, 1.54) is 4.57 Å². The summed E-state index contributed by atoms with van der Waals surface area (Å²) in [5.74, 6) is -0.0471. The standard InChI is InChI=1S/C20H25N3O4/c1-14-6-10-21(11-7-14)18(24)13-23-16-12-15(4-5-17(16)27-20(23)26)19(25)22-8-2-3-9-22/h4-5,12,14H,2-3,6-11,13H2,1H3. The molecule has 3 heterocycles. The molecule has 2 aromatic rings. The van der Waals surface area contributed by atoms with Gasteiger partial charge in [-0.2, -0.15) is 0 Å². The molecule has 7 heteroatoms. The second-order valence-electron chi connectivity index (χ2n) is 7.70. The maximum absolute atomic E-state index is 12.6. The van der Waals surface area contributed by atoms with E-state index in [9.17, 15) is 14.4 Å². The first kappa shape index (κ1) is 17.8. The van der Waals surface area contributed by atoms with Crippen LogP contribution < -0.4 is 5.76 Å². The minimum absolute atomic E-state index is 0.0362. The van der Waals surface area contributed by atoms with Crippen LogP contribution in [0.15, 0.2) is 27.4 Å². The van der Waals surface area contributed by atoms with Crippen LogP contribution >= 0.6 is 0 Å². The van der Waals surface area contributed by atoms with E-state index in [0.717, 1.165) is 51.9 Å². The molecule has 2 aliphatic rings. The maximum Gasteiger partial charge on any atom is 0.420 e. The minimum atomic E-state index is -0.561. The summed E-state index contributed by atoms with van der Waals surface area (Å²) in [6, 6.07) is 5.00. The second-order valence-corrected chi connectivity index (χ2v) is 7.70. The third kappa shape index (κ3) is 3.50. The number of hydrogen-bond acceptors (Lipinski definition) is 4. The van der Waals surface area contributed by atoms with Gasteiger partial charge in [0.05, 0.1) is 5.52 Å². The Morgan fingerprint density at radius 1 is 1.07 bits per heavy atom. The van der Waals surface area contributed by atoms with E-state index < -0.39 is 5.76 Å². The zero-order valence-electron chi connectivity index (χ0n) is 15.6. The van der Waals surface area contributed by atoms with Gasteiger partial charge in [0.25, 0.3) is 5.91 Å². The van der Waals surface area contributed by atoms with Crippen LogP contribution in [0.1, 0.15) is 43.0 Å². The quantitative estimate of drug-likeness (QED) is 0.828. The molecular formula is C20H25N3O4. The summed E-state index contributed by atoms with van der Waals surface area (Å²) < 4.78 is 6.62. The zero-order valence-corrected chi connectivity index (χ0v) is 15.6. The molecule has 4 rings (SSSR count). The number of rotatable bonds is 3. The molecule has 0 N–H and O–H groups in total. The van der Waals surface area contributed by atoms with Crippen LogP contribution in [0.25, 0.3) is 11.1 Å². The topological polar surface area (TPSA) is 75.8 Å². The average molecular weight is 371 g/mol. The fourth-order valence-electron chi connectivity index (χ4n) is 3.94. The fourth-order valence-corrected chi connectivity index (χ4v) is 3.94. The van der Waals surface area contributed by atoms with Crippen molar-refractivity contribution in [3.63, 3.8) is 0 Å². The van der Waals surface area contributed by atoms with Gasteiger partial charge in [0.2, 0.25) is 5.91 Å². The van der Waals surface area contributed by atoms with Crippen molar-refractivity contribution in [3.05, 3.63) is 34.3 Å². The molecule has 0 bridgehead atoms. The molecule has 0 atom stereocenters. The van der Waals surface area contributed by atoms with Crippen molar-refractivity contribution in [3.8, 4) is 0 Å². The maximum atomic E-state index is 12.6. The predicted molar refractivity (Wildman–Crippen MR) is 101 cm³/mol. The zero-order chi connectivity index (χ0) is 19.0. The van der Waals surface area contributed by atoms with Crippen LogP contribution in [0.2, 0.25) is 0 Å². The van der Waals surface area contributed by atoms with Gasteiger partial charge in [-0.15, -0.1) is 0 Å². The molecule has 2 saturated heterocycles. The van der Waals surface area contributed by atoms with Gasteiger partial charge in [-0.3, -0.25) is 14.2 Å². The van der Waals surface area contributed by atoms with E-state index in [0.29, 0.717) is 22.6 Å². The fraction of sp³-hybridized carbons (Fsp3) is 0.550. The number of carbonyl (C=O) groups is 2. The summed E-state index contributed by atoms with van der Waals surface area (Å²) in [6.45, 7) is 5.12. The number of piperidine rings is 1. The highest BCUT2D eigenvalue weighted by atomic mass is 16.4. The highest BCUT2D eigenvalue weighted by Crippen LogP contribution is 2.20. The molecule has 0 saturated carbocycles. The van der Waals surface area contributed by atoms with Gasteiger partial charge in [-0.25, -0.2) is 4.79 Å². The molecule has 7 nitrogen and oxygen atoms in total. The van der Waals surface area contributed by atoms with Crippen molar-refractivity contribution in [2.24, 2.45) is 5.92 Å². The van der Waals surface area contributed by atoms with Crippen LogP contribution in [0.4, 0.5) is 0 Å². The molecule has 2 aliphatic heterocycles. The lowest BCUT2D eigenvalue weighted by atomic mass is 9.99. The molecule has 2 amide bonds. The Kier molecular flexibility index (Phi) is 4.76. The Labute approximate surface area is 157 Å². The number of fused-ring (bicyclic) bond motifs is 1. The van der Waals surface area contributed by atoms with Crippen molar-refractivity contribution >= 4 is 22.9 Å². The number of carbonyl (C=O) groups excluding carboxylic acids is 2. The van der Waals surface area contributed by atoms with Gasteiger partial charge in [-0.1, -0.05) is 6.92 Å². The molecule has 0 aliphatic carbocycles. The van der Waals surface area contributed by atoms with E-state index in [1.54, 1.807) is 18.2 Å². The lowest BCUT2D eigenvalue weighted by molar-refractivity contribution is -0.133. The SMILES string of the molecule is CC1CCN(C(=O)Cn2c(=O)oc3ccc(C(=O)N4CCCC4)cc32)CC1. The van der Waals surface area contributed by atoms with Crippen LogP contribution in [-0.2, 0) is 11.3 Å². The predicted octanol–water partition coefficient (Wildman–Crippen LogP) is 2.09. The summed E-state index contributed by atoms with van der Waals surface area (Å²) in [5, 5.41) is 0. The Morgan fingerprint density at radius 2 is 1.78 bits per heavy atom. The highest BCUT2D eigenvalue weighted by Gasteiger charge is 2.24. The average Bonchev–Trinajstić information content (AvgIpc) is 3.30. The molecule has 0 unspecified atom stereocenters. The van der Waals surface area contributed by atoms with Crippen LogP contribution in [0.5, 0.6) is 0 Å². The Hall–Kier alpha value is -2.57. The van der Waals surface area contributed by atoms with Crippen molar-refractivity contribution < 1.29 is 14.0 Å². The van der Waals surface area contributed by atoms with Crippen LogP contribution in [0, 0.1) is 5.92 Å². The first-order valence-electron chi connectivity index (χ1n) is 9.73. The third-order valence-electron chi connectivity index (χ3n) is 5.74. The monoisotopic (exact) mass is 371 g/mol. The molecule has 144 valence electrons. The minimum Gasteiger partial charge on any atom is -0.408 e. The van der Waals surface area contributed by atoms with E-state index in [1.807, 2.05) is 9.80 Å². The van der Waals surface area contributed by atoms with Gasteiger partial charge < -0.3 is 14.2 Å². The molecule has 1 aromatic carbocycles. The number of amides is 2. The Balaban J connectivity index is 1.59. The third-order valence-corrected chi connectivity index (χ3v) is 5.74. The van der Waals surface area contributed by atoms with Crippen LogP contribution in [0.3, 0.4) is 0 Å². The number of benzene rings is 1.